The fourth-order valence-corrected chi connectivity index (χ4v) is 7.15. The zero-order valence-corrected chi connectivity index (χ0v) is 30.7. The van der Waals surface area contributed by atoms with Crippen LogP contribution in [0.2, 0.25) is 19.6 Å². The van der Waals surface area contributed by atoms with Gasteiger partial charge in [-0.05, 0) is 34.5 Å². The van der Waals surface area contributed by atoms with E-state index in [1.807, 2.05) is 79.1 Å². The summed E-state index contributed by atoms with van der Waals surface area (Å²) in [7, 11) is -1.23. The summed E-state index contributed by atoms with van der Waals surface area (Å²) in [5.74, 6) is 0.785. The minimum Gasteiger partial charge on any atom is -0.500 e. The average Bonchev–Trinajstić information content (AvgIpc) is 3.72. The minimum atomic E-state index is -1.23. The van der Waals surface area contributed by atoms with E-state index in [0.29, 0.717) is 0 Å². The second kappa shape index (κ2) is 13.4. The van der Waals surface area contributed by atoms with Crippen LogP contribution < -0.4 is 5.19 Å². The van der Waals surface area contributed by atoms with E-state index in [4.69, 9.17) is 9.40 Å². The normalized spacial score (nSPS) is 11.4. The third-order valence-corrected chi connectivity index (χ3v) is 10.7. The number of fused-ring (bicyclic) bond motifs is 6. The van der Waals surface area contributed by atoms with E-state index in [9.17, 15) is 0 Å². The van der Waals surface area contributed by atoms with Gasteiger partial charge in [0.25, 0.3) is 0 Å². The van der Waals surface area contributed by atoms with Crippen molar-refractivity contribution in [3.8, 4) is 28.3 Å². The van der Waals surface area contributed by atoms with Crippen molar-refractivity contribution in [1.82, 2.24) is 19.5 Å². The van der Waals surface area contributed by atoms with Gasteiger partial charge >= 0.3 is 0 Å². The van der Waals surface area contributed by atoms with Crippen LogP contribution in [0, 0.1) is 12.1 Å². The van der Waals surface area contributed by atoms with Gasteiger partial charge in [0.1, 0.15) is 5.58 Å². The first-order valence-corrected chi connectivity index (χ1v) is 19.5. The zero-order chi connectivity index (χ0) is 32.7. The van der Waals surface area contributed by atoms with Crippen molar-refractivity contribution < 1.29 is 24.5 Å². The van der Waals surface area contributed by atoms with Crippen LogP contribution in [0.4, 0.5) is 0 Å². The summed E-state index contributed by atoms with van der Waals surface area (Å²) in [6, 6.07) is 47.6. The molecule has 0 N–H and O–H groups in total. The quantitative estimate of drug-likeness (QED) is 0.131. The maximum atomic E-state index is 6.54. The van der Waals surface area contributed by atoms with Crippen LogP contribution in [-0.4, -0.2) is 27.6 Å². The molecule has 5 aromatic carbocycles. The number of para-hydroxylation sites is 1. The number of rotatable bonds is 4. The van der Waals surface area contributed by atoms with E-state index in [-0.39, 0.29) is 20.1 Å². The number of hydrogen-bond acceptors (Lipinski definition) is 4. The molecule has 4 heterocycles. The molecule has 0 aliphatic carbocycles. The van der Waals surface area contributed by atoms with E-state index in [0.717, 1.165) is 72.1 Å². The average molecular weight is 829 g/mol. The van der Waals surface area contributed by atoms with Gasteiger partial charge in [-0.3, -0.25) is 9.97 Å². The van der Waals surface area contributed by atoms with Gasteiger partial charge in [-0.25, -0.2) is 0 Å². The van der Waals surface area contributed by atoms with Crippen LogP contribution in [0.3, 0.4) is 0 Å². The summed E-state index contributed by atoms with van der Waals surface area (Å²) in [6.45, 7) is 7.00. The van der Waals surface area contributed by atoms with Crippen molar-refractivity contribution >= 4 is 57.0 Å². The molecular weight excluding hydrogens is 797 g/mol. The van der Waals surface area contributed by atoms with Gasteiger partial charge in [0.2, 0.25) is 0 Å². The Morgan fingerprint density at radius 2 is 1.47 bits per heavy atom. The van der Waals surface area contributed by atoms with E-state index in [1.165, 1.54) is 5.19 Å². The van der Waals surface area contributed by atoms with Gasteiger partial charge in [-0.15, -0.1) is 54.1 Å². The molecule has 1 radical (unpaired) electrons. The van der Waals surface area contributed by atoms with Crippen LogP contribution in [0.1, 0.15) is 0 Å². The Morgan fingerprint density at radius 1 is 0.673 bits per heavy atom. The monoisotopic (exact) mass is 829 g/mol. The molecule has 0 fully saturated rings. The molecule has 0 bridgehead atoms. The summed E-state index contributed by atoms with van der Waals surface area (Å²) in [6.07, 6.45) is 5.64. The maximum Gasteiger partial charge on any atom is 0.128 e. The number of nitrogens with zero attached hydrogens (tertiary/aromatic N) is 4. The molecule has 4 aromatic heterocycles. The van der Waals surface area contributed by atoms with Gasteiger partial charge in [0.15, 0.2) is 0 Å². The predicted octanol–water partition coefficient (Wildman–Crippen LogP) is 10.0. The maximum absolute atomic E-state index is 6.54. The molecule has 9 aromatic rings. The Balaban J connectivity index is 0.000000189. The van der Waals surface area contributed by atoms with E-state index < -0.39 is 8.07 Å². The van der Waals surface area contributed by atoms with Gasteiger partial charge in [0.05, 0.1) is 36.7 Å². The summed E-state index contributed by atoms with van der Waals surface area (Å²) in [5.41, 5.74) is 7.42. The first-order valence-electron chi connectivity index (χ1n) is 16.0. The predicted molar refractivity (Wildman–Crippen MR) is 199 cm³/mol. The fraction of sp³-hybridized carbons (Fsp3) is 0.0714. The molecular formula is C42H32IrN4OSi-2. The summed E-state index contributed by atoms with van der Waals surface area (Å²) in [4.78, 5) is 13.8. The van der Waals surface area contributed by atoms with Gasteiger partial charge in [-0.1, -0.05) is 97.3 Å². The van der Waals surface area contributed by atoms with E-state index in [1.54, 1.807) is 6.20 Å². The molecule has 0 unspecified atom stereocenters. The fourth-order valence-electron chi connectivity index (χ4n) is 6.11. The minimum absolute atomic E-state index is 0. The van der Waals surface area contributed by atoms with Crippen molar-refractivity contribution in [3.05, 3.63) is 152 Å². The molecule has 0 spiro atoms. The second-order valence-electron chi connectivity index (χ2n) is 12.8. The standard InChI is InChI=1S/C28H16N3O.C14H16NSi.Ir/c1-2-8-19(9-3-1)31-25-17-29-16-15-24(25)30-28(31)23-12-6-11-21-22-14-13-18-7-4-5-10-20(18)26(22)32-27(21)23;1-16(2,3)13-9-10-14(15-11-13)12-7-5-4-6-8-12;/h1-11,13-17H;4-7,9-11H,1-3H3;/q2*-1;. The van der Waals surface area contributed by atoms with Crippen molar-refractivity contribution in [3.63, 3.8) is 0 Å². The molecule has 9 rings (SSSR count). The van der Waals surface area contributed by atoms with Crippen molar-refractivity contribution in [1.29, 1.82) is 0 Å². The zero-order valence-electron chi connectivity index (χ0n) is 27.3. The number of imidazole rings is 1. The molecule has 0 saturated carbocycles. The Morgan fingerprint density at radius 3 is 2.24 bits per heavy atom. The second-order valence-corrected chi connectivity index (χ2v) is 17.9. The Labute approximate surface area is 299 Å². The molecule has 0 atom stereocenters. The van der Waals surface area contributed by atoms with Crippen molar-refractivity contribution in [2.45, 2.75) is 19.6 Å². The molecule has 5 nitrogen and oxygen atoms in total. The van der Waals surface area contributed by atoms with Gasteiger partial charge < -0.3 is 14.0 Å². The molecule has 0 aliphatic rings. The SMILES string of the molecule is C[Si](C)(C)c1ccc(-c2[c-]cccc2)nc1.[Ir].[c-]1ccc2c(oc3c4ccccc4ccc23)c1-c1nc2ccncc2n1-c1ccccc1. The number of pyridine rings is 2. The number of furan rings is 1. The number of benzene rings is 5. The Bertz CT molecular complexity index is 2540. The van der Waals surface area contributed by atoms with Crippen LogP contribution >= 0.6 is 0 Å². The first-order chi connectivity index (χ1) is 23.5. The Kier molecular flexibility index (Phi) is 8.82. The van der Waals surface area contributed by atoms with Crippen molar-refractivity contribution in [2.75, 3.05) is 0 Å². The number of aromatic nitrogens is 4. The topological polar surface area (TPSA) is 56.7 Å². The van der Waals surface area contributed by atoms with Crippen LogP contribution in [0.25, 0.3) is 72.1 Å². The van der Waals surface area contributed by atoms with Crippen molar-refractivity contribution in [2.24, 2.45) is 0 Å². The molecule has 0 saturated heterocycles. The Hall–Kier alpha value is -5.20. The molecule has 49 heavy (non-hydrogen) atoms. The largest absolute Gasteiger partial charge is 0.500 e. The molecule has 0 aliphatic heterocycles. The van der Waals surface area contributed by atoms with Crippen LogP contribution in [0.15, 0.2) is 144 Å². The van der Waals surface area contributed by atoms with Crippen LogP contribution in [-0.2, 0) is 20.1 Å². The molecule has 7 heteroatoms. The van der Waals surface area contributed by atoms with Crippen LogP contribution in [0.5, 0.6) is 0 Å². The summed E-state index contributed by atoms with van der Waals surface area (Å²) < 4.78 is 8.66. The number of hydrogen-bond donors (Lipinski definition) is 0. The third kappa shape index (κ3) is 6.13. The third-order valence-electron chi connectivity index (χ3n) is 8.63. The van der Waals surface area contributed by atoms with Gasteiger partial charge in [0, 0.05) is 49.0 Å². The van der Waals surface area contributed by atoms with E-state index in [2.05, 4.69) is 101 Å². The molecule has 0 amide bonds. The summed E-state index contributed by atoms with van der Waals surface area (Å²) >= 11 is 0. The van der Waals surface area contributed by atoms with Gasteiger partial charge in [-0.2, -0.15) is 0 Å². The smallest absolute Gasteiger partial charge is 0.128 e. The molecule has 241 valence electrons. The summed E-state index contributed by atoms with van der Waals surface area (Å²) in [5, 5.41) is 5.81. The first kappa shape index (κ1) is 32.3. The van der Waals surface area contributed by atoms with E-state index >= 15 is 0 Å².